The predicted molar refractivity (Wildman–Crippen MR) is 222 cm³/mol. The first-order valence-corrected chi connectivity index (χ1v) is 19.7. The highest BCUT2D eigenvalue weighted by Crippen LogP contribution is 2.40. The molecule has 11 nitrogen and oxygen atoms in total. The summed E-state index contributed by atoms with van der Waals surface area (Å²) in [5.41, 5.74) is 6.84. The Labute approximate surface area is 323 Å². The number of hydrogen-bond donors (Lipinski definition) is 3. The summed E-state index contributed by atoms with van der Waals surface area (Å²) in [5.74, 6) is 1.24. The summed E-state index contributed by atoms with van der Waals surface area (Å²) in [5, 5.41) is 17.8. The average molecular weight is 761 g/mol. The number of piperazine rings is 2. The summed E-state index contributed by atoms with van der Waals surface area (Å²) in [7, 11) is 2.18. The Bertz CT molecular complexity index is 2160. The van der Waals surface area contributed by atoms with E-state index in [0.717, 1.165) is 104 Å². The lowest BCUT2D eigenvalue weighted by Crippen LogP contribution is -2.48. The summed E-state index contributed by atoms with van der Waals surface area (Å²) in [6.45, 7) is 11.6. The lowest BCUT2D eigenvalue weighted by Gasteiger charge is -2.34. The first-order valence-electron chi connectivity index (χ1n) is 18.0. The van der Waals surface area contributed by atoms with Crippen LogP contribution in [0.5, 0.6) is 0 Å². The lowest BCUT2D eigenvalue weighted by molar-refractivity contribution is -0.119. The summed E-state index contributed by atoms with van der Waals surface area (Å²) in [6, 6.07) is 29.2. The molecule has 54 heavy (non-hydrogen) atoms. The van der Waals surface area contributed by atoms with Gasteiger partial charge in [-0.2, -0.15) is 0 Å². The minimum Gasteiger partial charge on any atom is -0.478 e. The normalized spacial score (nSPS) is 16.0. The van der Waals surface area contributed by atoms with Crippen LogP contribution in [0.2, 0.25) is 0 Å². The standard InChI is InChI=1S/C17H18N4OS.C17H20N4S.C7H6O2/c1-12-10-13-16(21-8-6-20(11-22)7-9-21)18-14-4-2-3-5-15(14)19-17(13)23-12;1-12-11-13-16(21-9-7-20(2)8-10-21)18-14-5-3-4-6-15(14)19-17(13)22-12;8-7(9)6-4-2-1-3-5-6/h2-5,10-11,19H,6-9H2,1H3;3-6,11,19H,7-10H2,1-2H3;1-5H,(H,8,9). The summed E-state index contributed by atoms with van der Waals surface area (Å²) in [4.78, 5) is 42.6. The van der Waals surface area contributed by atoms with Gasteiger partial charge in [0, 0.05) is 62.1 Å². The molecule has 9 rings (SSSR count). The number of carboxylic acid groups (broad SMARTS) is 1. The Morgan fingerprint density at radius 2 is 1.11 bits per heavy atom. The number of nitrogens with zero attached hydrogens (tertiary/aromatic N) is 6. The number of rotatable bonds is 2. The van der Waals surface area contributed by atoms with E-state index in [-0.39, 0.29) is 0 Å². The topological polar surface area (TPSA) is 116 Å². The van der Waals surface area contributed by atoms with Crippen LogP contribution in [0.25, 0.3) is 0 Å². The molecule has 0 bridgehead atoms. The van der Waals surface area contributed by atoms with Gasteiger partial charge in [0.2, 0.25) is 6.41 Å². The number of thiophene rings is 2. The third-order valence-electron chi connectivity index (χ3n) is 9.54. The molecule has 6 heterocycles. The number of carbonyl (C=O) groups excluding carboxylic acids is 1. The van der Waals surface area contributed by atoms with Gasteiger partial charge in [-0.25, -0.2) is 14.8 Å². The largest absolute Gasteiger partial charge is 0.478 e. The second kappa shape index (κ2) is 16.7. The molecule has 5 aromatic rings. The second-order valence-corrected chi connectivity index (χ2v) is 16.0. The number of carboxylic acids is 1. The molecule has 4 aliphatic heterocycles. The number of aliphatic imine (C=N–C) groups is 2. The number of carbonyl (C=O) groups is 2. The zero-order valence-electron chi connectivity index (χ0n) is 30.7. The van der Waals surface area contributed by atoms with Crippen LogP contribution in [-0.2, 0) is 4.79 Å². The molecule has 1 amide bonds. The number of aryl methyl sites for hydroxylation is 2. The van der Waals surface area contributed by atoms with Crippen molar-refractivity contribution in [2.45, 2.75) is 13.8 Å². The van der Waals surface area contributed by atoms with Crippen molar-refractivity contribution < 1.29 is 14.7 Å². The molecule has 0 radical (unpaired) electrons. The maximum Gasteiger partial charge on any atom is 0.335 e. The van der Waals surface area contributed by atoms with E-state index in [2.05, 4.69) is 88.7 Å². The van der Waals surface area contributed by atoms with E-state index >= 15 is 0 Å². The van der Waals surface area contributed by atoms with Crippen LogP contribution in [0.3, 0.4) is 0 Å². The number of benzene rings is 3. The van der Waals surface area contributed by atoms with Gasteiger partial charge < -0.3 is 35.3 Å². The van der Waals surface area contributed by atoms with Gasteiger partial charge in [0.05, 0.1) is 39.4 Å². The molecule has 2 saturated heterocycles. The highest BCUT2D eigenvalue weighted by atomic mass is 32.1. The van der Waals surface area contributed by atoms with Gasteiger partial charge in [0.1, 0.15) is 21.7 Å². The number of hydrogen-bond acceptors (Lipinski definition) is 11. The van der Waals surface area contributed by atoms with E-state index in [0.29, 0.717) is 5.56 Å². The number of likely N-dealkylation sites (N-methyl/N-ethyl adjacent to an activating group) is 1. The molecule has 4 aliphatic rings. The zero-order valence-corrected chi connectivity index (χ0v) is 32.3. The van der Waals surface area contributed by atoms with Crippen molar-refractivity contribution in [3.8, 4) is 0 Å². The highest BCUT2D eigenvalue weighted by molar-refractivity contribution is 7.17. The minimum atomic E-state index is -0.879. The third kappa shape index (κ3) is 8.49. The monoisotopic (exact) mass is 760 g/mol. The van der Waals surface area contributed by atoms with Gasteiger partial charge in [-0.05, 0) is 69.4 Å². The number of fused-ring (bicyclic) bond motifs is 4. The molecule has 2 fully saturated rings. The minimum absolute atomic E-state index is 0.331. The van der Waals surface area contributed by atoms with Crippen LogP contribution in [-0.4, -0.2) is 108 Å². The molecular formula is C41H44N8O3S2. The first kappa shape index (κ1) is 36.8. The SMILES string of the molecule is Cc1cc2c(s1)Nc1ccccc1N=C2N1CCN(C)CC1.Cc1cc2c(s1)Nc1ccccc1N=C2N1CCN(C=O)CC1.O=C(O)c1ccccc1. The highest BCUT2D eigenvalue weighted by Gasteiger charge is 2.27. The molecule has 2 aromatic heterocycles. The molecule has 13 heteroatoms. The maximum absolute atomic E-state index is 10.9. The van der Waals surface area contributed by atoms with Gasteiger partial charge in [0.15, 0.2) is 0 Å². The van der Waals surface area contributed by atoms with Crippen LogP contribution < -0.4 is 10.6 Å². The van der Waals surface area contributed by atoms with Gasteiger partial charge in [-0.1, -0.05) is 42.5 Å². The Morgan fingerprint density at radius 1 is 0.667 bits per heavy atom. The second-order valence-electron chi connectivity index (χ2n) is 13.4. The lowest BCUT2D eigenvalue weighted by atomic mass is 10.2. The average Bonchev–Trinajstić information content (AvgIpc) is 3.65. The quantitative estimate of drug-likeness (QED) is 0.156. The zero-order chi connectivity index (χ0) is 37.6. The molecule has 3 aromatic carbocycles. The number of aromatic carboxylic acids is 1. The predicted octanol–water partition coefficient (Wildman–Crippen LogP) is 7.79. The summed E-state index contributed by atoms with van der Waals surface area (Å²) >= 11 is 3.56. The van der Waals surface area contributed by atoms with E-state index in [1.807, 2.05) is 23.1 Å². The Morgan fingerprint density at radius 3 is 1.56 bits per heavy atom. The number of amides is 1. The molecule has 0 spiro atoms. The van der Waals surface area contributed by atoms with Crippen molar-refractivity contribution in [3.05, 3.63) is 117 Å². The third-order valence-corrected chi connectivity index (χ3v) is 11.5. The van der Waals surface area contributed by atoms with Gasteiger partial charge in [0.25, 0.3) is 0 Å². The van der Waals surface area contributed by atoms with Crippen LogP contribution in [0, 0.1) is 13.8 Å². The molecule has 3 N–H and O–H groups in total. The van der Waals surface area contributed by atoms with Crippen molar-refractivity contribution >= 4 is 79.5 Å². The number of amidine groups is 2. The molecule has 0 aliphatic carbocycles. The fourth-order valence-electron chi connectivity index (χ4n) is 6.61. The molecule has 278 valence electrons. The molecular weight excluding hydrogens is 717 g/mol. The van der Waals surface area contributed by atoms with E-state index in [1.54, 1.807) is 53.0 Å². The van der Waals surface area contributed by atoms with Crippen molar-refractivity contribution in [3.63, 3.8) is 0 Å². The van der Waals surface area contributed by atoms with Crippen LogP contribution in [0.1, 0.15) is 31.2 Å². The van der Waals surface area contributed by atoms with Crippen molar-refractivity contribution in [1.29, 1.82) is 0 Å². The number of para-hydroxylation sites is 4. The van der Waals surface area contributed by atoms with E-state index < -0.39 is 5.97 Å². The van der Waals surface area contributed by atoms with Gasteiger partial charge in [-0.15, -0.1) is 22.7 Å². The number of anilines is 4. The molecule has 0 atom stereocenters. The summed E-state index contributed by atoms with van der Waals surface area (Å²) in [6.07, 6.45) is 0.934. The van der Waals surface area contributed by atoms with E-state index in [9.17, 15) is 9.59 Å². The fraction of sp³-hybridized carbons (Fsp3) is 0.268. The Kier molecular flexibility index (Phi) is 11.4. The van der Waals surface area contributed by atoms with E-state index in [1.165, 1.54) is 20.3 Å². The van der Waals surface area contributed by atoms with Crippen molar-refractivity contribution in [2.75, 3.05) is 70.0 Å². The van der Waals surface area contributed by atoms with Crippen LogP contribution in [0.15, 0.2) is 101 Å². The maximum atomic E-state index is 10.9. The smallest absolute Gasteiger partial charge is 0.335 e. The van der Waals surface area contributed by atoms with Gasteiger partial charge >= 0.3 is 5.97 Å². The first-order chi connectivity index (χ1) is 26.2. The van der Waals surface area contributed by atoms with Crippen molar-refractivity contribution in [2.24, 2.45) is 9.98 Å². The van der Waals surface area contributed by atoms with Gasteiger partial charge in [-0.3, -0.25) is 4.79 Å². The van der Waals surface area contributed by atoms with E-state index in [4.69, 9.17) is 15.1 Å². The summed E-state index contributed by atoms with van der Waals surface area (Å²) < 4.78 is 0. The van der Waals surface area contributed by atoms with Crippen LogP contribution >= 0.6 is 22.7 Å². The molecule has 0 unspecified atom stereocenters. The number of nitrogens with one attached hydrogen (secondary N) is 2. The molecule has 0 saturated carbocycles. The van der Waals surface area contributed by atoms with Crippen molar-refractivity contribution in [1.82, 2.24) is 19.6 Å². The Balaban J connectivity index is 0.000000136. The fourth-order valence-corrected chi connectivity index (χ4v) is 8.45. The Hall–Kier alpha value is -5.50. The van der Waals surface area contributed by atoms with Crippen LogP contribution in [0.4, 0.5) is 32.8 Å².